The third-order valence-electron chi connectivity index (χ3n) is 2.55. The van der Waals surface area contributed by atoms with E-state index in [0.717, 1.165) is 0 Å². The van der Waals surface area contributed by atoms with Crippen LogP contribution in [0, 0.1) is 0 Å². The first-order chi connectivity index (χ1) is 5.95. The summed E-state index contributed by atoms with van der Waals surface area (Å²) in [5.74, 6) is -0.0854. The molecule has 4 heteroatoms. The van der Waals surface area contributed by atoms with Crippen molar-refractivity contribution in [3.63, 3.8) is 0 Å². The number of β-amino-alcohol motifs (C(OH)–C–C–N with tert-alkyl or cyclic N) is 1. The predicted octanol–water partition coefficient (Wildman–Crippen LogP) is -0.610. The zero-order valence-corrected chi connectivity index (χ0v) is 8.27. The van der Waals surface area contributed by atoms with E-state index < -0.39 is 18.2 Å². The van der Waals surface area contributed by atoms with E-state index in [4.69, 9.17) is 0 Å². The number of Topliss-reactive ketones (excluding diaryl/α,β-unsaturated/α-hetero) is 1. The number of aliphatic hydroxyl groups is 2. The van der Waals surface area contributed by atoms with Crippen molar-refractivity contribution in [1.29, 1.82) is 0 Å². The lowest BCUT2D eigenvalue weighted by atomic mass is 10.1. The van der Waals surface area contributed by atoms with Crippen molar-refractivity contribution >= 4 is 5.78 Å². The van der Waals surface area contributed by atoms with E-state index in [1.807, 2.05) is 18.7 Å². The van der Waals surface area contributed by atoms with Gasteiger partial charge in [-0.3, -0.25) is 9.69 Å². The fourth-order valence-corrected chi connectivity index (χ4v) is 1.85. The van der Waals surface area contributed by atoms with E-state index in [0.29, 0.717) is 6.54 Å². The number of hydrogen-bond donors (Lipinski definition) is 2. The molecule has 0 radical (unpaired) electrons. The second kappa shape index (κ2) is 3.74. The van der Waals surface area contributed by atoms with Gasteiger partial charge in [0.25, 0.3) is 0 Å². The highest BCUT2D eigenvalue weighted by molar-refractivity contribution is 5.82. The molecule has 0 bridgehead atoms. The summed E-state index contributed by atoms with van der Waals surface area (Å²) in [5, 5.41) is 18.9. The average molecular weight is 187 g/mol. The molecule has 0 saturated carbocycles. The number of ketones is 1. The smallest absolute Gasteiger partial charge is 0.149 e. The highest BCUT2D eigenvalue weighted by Gasteiger charge is 2.43. The van der Waals surface area contributed by atoms with Crippen LogP contribution in [-0.2, 0) is 4.79 Å². The topological polar surface area (TPSA) is 60.8 Å². The molecule has 1 saturated heterocycles. The summed E-state index contributed by atoms with van der Waals surface area (Å²) in [6, 6.07) is -0.365. The molecule has 2 N–H and O–H groups in total. The number of carbonyl (C=O) groups is 1. The van der Waals surface area contributed by atoms with Crippen LogP contribution in [0.25, 0.3) is 0 Å². The maximum atomic E-state index is 11.2. The quantitative estimate of drug-likeness (QED) is 0.605. The number of nitrogens with zero attached hydrogens (tertiary/aromatic N) is 1. The van der Waals surface area contributed by atoms with Gasteiger partial charge in [0, 0.05) is 12.6 Å². The Labute approximate surface area is 78.2 Å². The molecule has 1 heterocycles. The molecule has 1 rings (SSSR count). The fraction of sp³-hybridized carbons (Fsp3) is 0.889. The molecule has 1 fully saturated rings. The van der Waals surface area contributed by atoms with Gasteiger partial charge in [-0.1, -0.05) is 0 Å². The number of carbonyl (C=O) groups excluding carboxylic acids is 1. The molecule has 0 aromatic carbocycles. The number of rotatable bonds is 2. The molecule has 1 aliphatic heterocycles. The largest absolute Gasteiger partial charge is 0.389 e. The van der Waals surface area contributed by atoms with Gasteiger partial charge in [0.15, 0.2) is 0 Å². The normalized spacial score (nSPS) is 35.7. The molecule has 4 nitrogen and oxygen atoms in total. The van der Waals surface area contributed by atoms with Crippen LogP contribution in [0.3, 0.4) is 0 Å². The Balaban J connectivity index is 2.80. The van der Waals surface area contributed by atoms with E-state index in [1.54, 1.807) is 0 Å². The minimum absolute atomic E-state index is 0.0854. The molecule has 0 aromatic rings. The molecule has 0 aromatic heterocycles. The van der Waals surface area contributed by atoms with Crippen LogP contribution in [0.5, 0.6) is 0 Å². The van der Waals surface area contributed by atoms with Crippen molar-refractivity contribution in [2.45, 2.75) is 45.1 Å². The standard InChI is InChI=1S/C9H17NO3/c1-5(2)10-4-7(12)9(13)8(10)6(3)11/h5,7-9,12-13H,4H2,1-3H3/t7?,8-,9?/m1/s1. The van der Waals surface area contributed by atoms with Crippen LogP contribution < -0.4 is 0 Å². The molecule has 1 aliphatic rings. The van der Waals surface area contributed by atoms with E-state index in [1.165, 1.54) is 6.92 Å². The first kappa shape index (κ1) is 10.6. The molecule has 2 unspecified atom stereocenters. The molecular formula is C9H17NO3. The van der Waals surface area contributed by atoms with E-state index in [9.17, 15) is 15.0 Å². The summed E-state index contributed by atoms with van der Waals surface area (Å²) in [5.41, 5.74) is 0. The van der Waals surface area contributed by atoms with Crippen molar-refractivity contribution < 1.29 is 15.0 Å². The minimum atomic E-state index is -0.931. The van der Waals surface area contributed by atoms with Gasteiger partial charge in [-0.15, -0.1) is 0 Å². The van der Waals surface area contributed by atoms with Crippen molar-refractivity contribution in [3.8, 4) is 0 Å². The molecule has 76 valence electrons. The van der Waals surface area contributed by atoms with Crippen LogP contribution in [0.4, 0.5) is 0 Å². The van der Waals surface area contributed by atoms with Crippen LogP contribution in [0.15, 0.2) is 0 Å². The SMILES string of the molecule is CC(=O)[C@@H]1C(O)C(O)CN1C(C)C. The molecular weight excluding hydrogens is 170 g/mol. The van der Waals surface area contributed by atoms with E-state index in [2.05, 4.69) is 0 Å². The zero-order valence-electron chi connectivity index (χ0n) is 8.27. The summed E-state index contributed by atoms with van der Waals surface area (Å²) >= 11 is 0. The third-order valence-corrected chi connectivity index (χ3v) is 2.55. The van der Waals surface area contributed by atoms with Crippen LogP contribution in [-0.4, -0.2) is 51.7 Å². The highest BCUT2D eigenvalue weighted by Crippen LogP contribution is 2.21. The minimum Gasteiger partial charge on any atom is -0.389 e. The Morgan fingerprint density at radius 1 is 1.46 bits per heavy atom. The van der Waals surface area contributed by atoms with E-state index >= 15 is 0 Å². The highest BCUT2D eigenvalue weighted by atomic mass is 16.3. The van der Waals surface area contributed by atoms with Crippen molar-refractivity contribution in [2.24, 2.45) is 0 Å². The van der Waals surface area contributed by atoms with E-state index in [-0.39, 0.29) is 11.8 Å². The lowest BCUT2D eigenvalue weighted by molar-refractivity contribution is -0.124. The molecule has 13 heavy (non-hydrogen) atoms. The molecule has 0 spiro atoms. The Bertz CT molecular complexity index is 205. The number of aliphatic hydroxyl groups excluding tert-OH is 2. The fourth-order valence-electron chi connectivity index (χ4n) is 1.85. The van der Waals surface area contributed by atoms with Gasteiger partial charge < -0.3 is 10.2 Å². The van der Waals surface area contributed by atoms with Gasteiger partial charge in [-0.25, -0.2) is 0 Å². The predicted molar refractivity (Wildman–Crippen MR) is 48.3 cm³/mol. The first-order valence-electron chi connectivity index (χ1n) is 4.57. The van der Waals surface area contributed by atoms with Gasteiger partial charge >= 0.3 is 0 Å². The number of likely N-dealkylation sites (tertiary alicyclic amines) is 1. The van der Waals surface area contributed by atoms with Gasteiger partial charge in [0.2, 0.25) is 0 Å². The maximum absolute atomic E-state index is 11.2. The number of hydrogen-bond acceptors (Lipinski definition) is 4. The van der Waals surface area contributed by atoms with Gasteiger partial charge in [0.05, 0.1) is 12.1 Å². The van der Waals surface area contributed by atoms with Crippen molar-refractivity contribution in [1.82, 2.24) is 4.90 Å². The van der Waals surface area contributed by atoms with Gasteiger partial charge in [0.1, 0.15) is 11.9 Å². The summed E-state index contributed by atoms with van der Waals surface area (Å²) in [6.45, 7) is 5.71. The second-order valence-electron chi connectivity index (χ2n) is 3.90. The van der Waals surface area contributed by atoms with Crippen LogP contribution in [0.1, 0.15) is 20.8 Å². The average Bonchev–Trinajstić information content (AvgIpc) is 2.28. The third kappa shape index (κ3) is 1.90. The summed E-state index contributed by atoms with van der Waals surface area (Å²) < 4.78 is 0. The van der Waals surface area contributed by atoms with Gasteiger partial charge in [-0.05, 0) is 20.8 Å². The monoisotopic (exact) mass is 187 g/mol. The Morgan fingerprint density at radius 2 is 2.00 bits per heavy atom. The molecule has 0 aliphatic carbocycles. The Kier molecular flexibility index (Phi) is 3.05. The Morgan fingerprint density at radius 3 is 2.31 bits per heavy atom. The Hall–Kier alpha value is -0.450. The summed E-state index contributed by atoms with van der Waals surface area (Å²) in [4.78, 5) is 13.0. The van der Waals surface area contributed by atoms with Gasteiger partial charge in [-0.2, -0.15) is 0 Å². The second-order valence-corrected chi connectivity index (χ2v) is 3.90. The van der Waals surface area contributed by atoms with Crippen LogP contribution >= 0.6 is 0 Å². The van der Waals surface area contributed by atoms with Crippen molar-refractivity contribution in [2.75, 3.05) is 6.54 Å². The molecule has 0 amide bonds. The summed E-state index contributed by atoms with van der Waals surface area (Å²) in [7, 11) is 0. The molecule has 3 atom stereocenters. The first-order valence-corrected chi connectivity index (χ1v) is 4.57. The lowest BCUT2D eigenvalue weighted by Crippen LogP contribution is -2.44. The van der Waals surface area contributed by atoms with Crippen molar-refractivity contribution in [3.05, 3.63) is 0 Å². The maximum Gasteiger partial charge on any atom is 0.149 e. The lowest BCUT2D eigenvalue weighted by Gasteiger charge is -2.26. The summed E-state index contributed by atoms with van der Waals surface area (Å²) in [6.07, 6.45) is -1.73. The van der Waals surface area contributed by atoms with Crippen LogP contribution in [0.2, 0.25) is 0 Å². The zero-order chi connectivity index (χ0) is 10.2.